The van der Waals surface area contributed by atoms with E-state index < -0.39 is 23.8 Å². The SMILES string of the molecule is O=C1Nc2sccc2C(c2ccccc2)=NC1Nc1nnc(-c2ncc(C(F)(F)F)cc2N2CCOCC2)[nH]1. The van der Waals surface area contributed by atoms with Crippen molar-refractivity contribution < 1.29 is 22.7 Å². The second-order valence-corrected chi connectivity index (χ2v) is 9.67. The molecule has 0 radical (unpaired) electrons. The first-order valence-corrected chi connectivity index (χ1v) is 12.9. The smallest absolute Gasteiger partial charge is 0.378 e. The van der Waals surface area contributed by atoms with Gasteiger partial charge in [0.15, 0.2) is 5.82 Å². The normalized spacial score (nSPS) is 17.7. The van der Waals surface area contributed by atoms with Crippen LogP contribution in [-0.4, -0.2) is 64.3 Å². The molecule has 3 N–H and O–H groups in total. The number of hydrogen-bond acceptors (Lipinski definition) is 9. The summed E-state index contributed by atoms with van der Waals surface area (Å²) in [6.07, 6.45) is -4.84. The van der Waals surface area contributed by atoms with E-state index in [-0.39, 0.29) is 23.2 Å². The molecule has 14 heteroatoms. The summed E-state index contributed by atoms with van der Waals surface area (Å²) in [4.78, 5) is 26.5. The summed E-state index contributed by atoms with van der Waals surface area (Å²) in [5.74, 6) is -0.140. The molecule has 39 heavy (non-hydrogen) atoms. The van der Waals surface area contributed by atoms with Crippen LogP contribution in [0.2, 0.25) is 0 Å². The van der Waals surface area contributed by atoms with Gasteiger partial charge in [-0.05, 0) is 17.5 Å². The Kier molecular flexibility index (Phi) is 6.48. The molecule has 0 spiro atoms. The number of pyridine rings is 1. The summed E-state index contributed by atoms with van der Waals surface area (Å²) < 4.78 is 45.7. The van der Waals surface area contributed by atoms with Crippen LogP contribution in [-0.2, 0) is 15.7 Å². The number of carbonyl (C=O) groups is 1. The highest BCUT2D eigenvalue weighted by atomic mass is 32.1. The molecule has 1 saturated heterocycles. The van der Waals surface area contributed by atoms with Crippen molar-refractivity contribution in [2.24, 2.45) is 4.99 Å². The molecule has 0 aliphatic carbocycles. The van der Waals surface area contributed by atoms with Gasteiger partial charge in [0, 0.05) is 30.4 Å². The number of nitrogens with one attached hydrogen (secondary N) is 3. The first-order chi connectivity index (χ1) is 18.9. The predicted octanol–water partition coefficient (Wildman–Crippen LogP) is 4.01. The molecule has 2 aliphatic heterocycles. The Bertz CT molecular complexity index is 1530. The number of aromatic amines is 1. The average molecular weight is 555 g/mol. The number of anilines is 3. The number of aliphatic imine (C=N–C) groups is 1. The molecule has 5 heterocycles. The topological polar surface area (TPSA) is 120 Å². The van der Waals surface area contributed by atoms with Gasteiger partial charge in [-0.25, -0.2) is 4.99 Å². The molecule has 2 aliphatic rings. The lowest BCUT2D eigenvalue weighted by atomic mass is 10.0. The number of rotatable bonds is 5. The minimum absolute atomic E-state index is 0.112. The highest BCUT2D eigenvalue weighted by Crippen LogP contribution is 2.36. The maximum absolute atomic E-state index is 13.5. The predicted molar refractivity (Wildman–Crippen MR) is 140 cm³/mol. The number of ether oxygens (including phenoxy) is 1. The molecular weight excluding hydrogens is 533 g/mol. The Morgan fingerprint density at radius 2 is 1.90 bits per heavy atom. The van der Waals surface area contributed by atoms with Crippen molar-refractivity contribution in [3.05, 3.63) is 70.7 Å². The van der Waals surface area contributed by atoms with Crippen molar-refractivity contribution in [2.75, 3.05) is 41.8 Å². The molecule has 200 valence electrons. The third kappa shape index (κ3) is 5.07. The lowest BCUT2D eigenvalue weighted by molar-refractivity contribution is -0.137. The number of halogens is 3. The Morgan fingerprint density at radius 1 is 1.10 bits per heavy atom. The fraction of sp³-hybridized carbons (Fsp3) is 0.240. The van der Waals surface area contributed by atoms with Crippen LogP contribution in [0.4, 0.5) is 29.8 Å². The maximum atomic E-state index is 13.5. The van der Waals surface area contributed by atoms with Crippen LogP contribution in [0.3, 0.4) is 0 Å². The maximum Gasteiger partial charge on any atom is 0.417 e. The van der Waals surface area contributed by atoms with Crippen molar-refractivity contribution in [2.45, 2.75) is 12.3 Å². The fourth-order valence-electron chi connectivity index (χ4n) is 4.35. The molecule has 1 fully saturated rings. The average Bonchev–Trinajstić information content (AvgIpc) is 3.58. The summed E-state index contributed by atoms with van der Waals surface area (Å²) in [5, 5.41) is 16.6. The second kappa shape index (κ2) is 10.1. The molecule has 1 atom stereocenters. The van der Waals surface area contributed by atoms with E-state index in [1.54, 1.807) is 4.90 Å². The summed E-state index contributed by atoms with van der Waals surface area (Å²) in [6.45, 7) is 1.56. The van der Waals surface area contributed by atoms with Crippen LogP contribution in [0.15, 0.2) is 59.0 Å². The number of morpholine rings is 1. The van der Waals surface area contributed by atoms with Gasteiger partial charge in [0.1, 0.15) is 10.7 Å². The van der Waals surface area contributed by atoms with E-state index in [0.29, 0.717) is 37.0 Å². The van der Waals surface area contributed by atoms with E-state index in [1.807, 2.05) is 41.8 Å². The van der Waals surface area contributed by atoms with Gasteiger partial charge in [-0.3, -0.25) is 9.78 Å². The zero-order chi connectivity index (χ0) is 27.0. The standard InChI is InChI=1S/C25H21F3N8O2S/c26-25(27,28)15-12-17(36-7-9-38-10-8-36)19(29-13-15)20-31-24(35-34-20)32-21-22(37)33-23-16(6-11-39-23)18(30-21)14-4-2-1-3-5-14/h1-6,11-13,21H,7-10H2,(H,33,37)(H2,31,32,34,35). The third-order valence-corrected chi connectivity index (χ3v) is 7.07. The number of carbonyl (C=O) groups excluding carboxylic acids is 1. The summed E-state index contributed by atoms with van der Waals surface area (Å²) in [7, 11) is 0. The number of benzene rings is 1. The summed E-state index contributed by atoms with van der Waals surface area (Å²) in [5.41, 5.74) is 1.86. The van der Waals surface area contributed by atoms with Crippen LogP contribution in [0.1, 0.15) is 16.7 Å². The van der Waals surface area contributed by atoms with Crippen LogP contribution < -0.4 is 15.5 Å². The largest absolute Gasteiger partial charge is 0.417 e. The van der Waals surface area contributed by atoms with Crippen LogP contribution in [0.5, 0.6) is 0 Å². The lowest BCUT2D eigenvalue weighted by Gasteiger charge is -2.30. The second-order valence-electron chi connectivity index (χ2n) is 8.75. The number of alkyl halides is 3. The fourth-order valence-corrected chi connectivity index (χ4v) is 5.14. The van der Waals surface area contributed by atoms with Crippen molar-refractivity contribution in [1.29, 1.82) is 0 Å². The van der Waals surface area contributed by atoms with Gasteiger partial charge in [-0.15, -0.1) is 21.5 Å². The Labute approximate surface area is 224 Å². The summed E-state index contributed by atoms with van der Waals surface area (Å²) >= 11 is 1.39. The van der Waals surface area contributed by atoms with Gasteiger partial charge in [0.2, 0.25) is 12.1 Å². The van der Waals surface area contributed by atoms with Crippen LogP contribution >= 0.6 is 11.3 Å². The third-order valence-electron chi connectivity index (χ3n) is 6.24. The highest BCUT2D eigenvalue weighted by Gasteiger charge is 2.33. The first kappa shape index (κ1) is 25.0. The van der Waals surface area contributed by atoms with Gasteiger partial charge < -0.3 is 25.3 Å². The number of amides is 1. The number of aromatic nitrogens is 4. The van der Waals surface area contributed by atoms with Gasteiger partial charge in [0.05, 0.1) is 30.2 Å². The minimum Gasteiger partial charge on any atom is -0.378 e. The van der Waals surface area contributed by atoms with Gasteiger partial charge in [-0.2, -0.15) is 13.2 Å². The number of nitrogens with zero attached hydrogens (tertiary/aromatic N) is 5. The van der Waals surface area contributed by atoms with Crippen molar-refractivity contribution in [1.82, 2.24) is 20.2 Å². The van der Waals surface area contributed by atoms with E-state index in [2.05, 4.69) is 30.8 Å². The van der Waals surface area contributed by atoms with E-state index in [0.717, 1.165) is 23.4 Å². The van der Waals surface area contributed by atoms with E-state index in [9.17, 15) is 18.0 Å². The number of thiophene rings is 1. The van der Waals surface area contributed by atoms with E-state index in [1.165, 1.54) is 11.3 Å². The molecule has 0 saturated carbocycles. The Hall–Kier alpha value is -4.30. The van der Waals surface area contributed by atoms with Crippen molar-refractivity contribution in [3.8, 4) is 11.5 Å². The van der Waals surface area contributed by atoms with Gasteiger partial charge in [-0.1, -0.05) is 30.3 Å². The Morgan fingerprint density at radius 3 is 2.67 bits per heavy atom. The molecule has 1 amide bonds. The lowest BCUT2D eigenvalue weighted by Crippen LogP contribution is -2.36. The summed E-state index contributed by atoms with van der Waals surface area (Å²) in [6, 6.07) is 12.4. The van der Waals surface area contributed by atoms with Crippen molar-refractivity contribution in [3.63, 3.8) is 0 Å². The molecule has 3 aromatic heterocycles. The van der Waals surface area contributed by atoms with Crippen molar-refractivity contribution >= 4 is 39.6 Å². The van der Waals surface area contributed by atoms with Gasteiger partial charge >= 0.3 is 6.18 Å². The number of H-pyrrole nitrogens is 1. The molecule has 10 nitrogen and oxygen atoms in total. The Balaban J connectivity index is 1.33. The molecule has 1 unspecified atom stereocenters. The van der Waals surface area contributed by atoms with Crippen LogP contribution in [0, 0.1) is 0 Å². The van der Waals surface area contributed by atoms with Gasteiger partial charge in [0.25, 0.3) is 5.91 Å². The van der Waals surface area contributed by atoms with Crippen LogP contribution in [0.25, 0.3) is 11.5 Å². The minimum atomic E-state index is -4.55. The molecule has 1 aromatic carbocycles. The van der Waals surface area contributed by atoms with E-state index in [4.69, 9.17) is 9.73 Å². The number of fused-ring (bicyclic) bond motifs is 1. The zero-order valence-corrected chi connectivity index (χ0v) is 21.0. The highest BCUT2D eigenvalue weighted by molar-refractivity contribution is 7.14. The molecule has 4 aromatic rings. The first-order valence-electron chi connectivity index (χ1n) is 12.0. The monoisotopic (exact) mass is 554 g/mol. The number of hydrogen-bond donors (Lipinski definition) is 3. The zero-order valence-electron chi connectivity index (χ0n) is 20.2. The molecule has 0 bridgehead atoms. The molecule has 6 rings (SSSR count). The van der Waals surface area contributed by atoms with E-state index >= 15 is 0 Å². The quantitative estimate of drug-likeness (QED) is 0.341. The molecular formula is C25H21F3N8O2S.